The fourth-order valence-corrected chi connectivity index (χ4v) is 1.28. The van der Waals surface area contributed by atoms with Gasteiger partial charge in [-0.3, -0.25) is 0 Å². The van der Waals surface area contributed by atoms with Crippen LogP contribution in [-0.2, 0) is 4.79 Å². The van der Waals surface area contributed by atoms with Crippen molar-refractivity contribution in [3.63, 3.8) is 0 Å². The number of nitrogens with one attached hydrogen (secondary N) is 1. The lowest BCUT2D eigenvalue weighted by molar-refractivity contribution is 0.565. The highest BCUT2D eigenvalue weighted by Crippen LogP contribution is 2.22. The molecule has 14 heavy (non-hydrogen) atoms. The van der Waals surface area contributed by atoms with Gasteiger partial charge in [-0.05, 0) is 11.6 Å². The number of hydrogen-bond acceptors (Lipinski definition) is 2. The number of isocyanates is 1. The summed E-state index contributed by atoms with van der Waals surface area (Å²) in [7, 11) is 0. The maximum absolute atomic E-state index is 10.0. The minimum atomic E-state index is 0.596. The molecule has 68 valence electrons. The first kappa shape index (κ1) is 8.48. The van der Waals surface area contributed by atoms with Crippen LogP contribution in [0, 0.1) is 0 Å². The average molecular weight is 184 g/mol. The first-order chi connectivity index (χ1) is 6.90. The summed E-state index contributed by atoms with van der Waals surface area (Å²) in [5.41, 5.74) is 2.61. The van der Waals surface area contributed by atoms with Gasteiger partial charge in [0.1, 0.15) is 0 Å². The molecule has 0 bridgehead atoms. The van der Waals surface area contributed by atoms with Crippen molar-refractivity contribution in [3.05, 3.63) is 42.6 Å². The number of carbonyl (C=O) groups excluding carboxylic acids is 1. The van der Waals surface area contributed by atoms with Gasteiger partial charge in [-0.1, -0.05) is 30.3 Å². The van der Waals surface area contributed by atoms with Crippen LogP contribution in [0.2, 0.25) is 0 Å². The second-order valence-electron chi connectivity index (χ2n) is 2.84. The van der Waals surface area contributed by atoms with Crippen molar-refractivity contribution in [1.82, 2.24) is 4.98 Å². The highest BCUT2D eigenvalue weighted by atomic mass is 16.1. The number of aromatic nitrogens is 1. The van der Waals surface area contributed by atoms with Crippen LogP contribution in [0.3, 0.4) is 0 Å². The van der Waals surface area contributed by atoms with Crippen molar-refractivity contribution < 1.29 is 4.79 Å². The maximum atomic E-state index is 10.0. The molecule has 0 spiro atoms. The Hall–Kier alpha value is -2.12. The van der Waals surface area contributed by atoms with E-state index < -0.39 is 0 Å². The van der Waals surface area contributed by atoms with Gasteiger partial charge >= 0.3 is 0 Å². The second-order valence-corrected chi connectivity index (χ2v) is 2.84. The molecule has 0 saturated carbocycles. The lowest BCUT2D eigenvalue weighted by Gasteiger charge is -1.94. The minimum Gasteiger partial charge on any atom is -0.359 e. The first-order valence-corrected chi connectivity index (χ1v) is 4.22. The zero-order valence-electron chi connectivity index (χ0n) is 7.40. The van der Waals surface area contributed by atoms with Crippen molar-refractivity contribution >= 4 is 11.8 Å². The van der Waals surface area contributed by atoms with Crippen LogP contribution in [0.25, 0.3) is 11.3 Å². The SMILES string of the molecule is O=C=Nc1c[nH]c(-c2ccccc2)c1. The number of nitrogens with zero attached hydrogens (tertiary/aromatic N) is 1. The van der Waals surface area contributed by atoms with Crippen molar-refractivity contribution in [2.24, 2.45) is 4.99 Å². The van der Waals surface area contributed by atoms with Crippen LogP contribution >= 0.6 is 0 Å². The van der Waals surface area contributed by atoms with E-state index in [0.29, 0.717) is 5.69 Å². The molecular weight excluding hydrogens is 176 g/mol. The van der Waals surface area contributed by atoms with E-state index >= 15 is 0 Å². The van der Waals surface area contributed by atoms with Crippen LogP contribution in [-0.4, -0.2) is 11.1 Å². The summed E-state index contributed by atoms with van der Waals surface area (Å²) in [6.45, 7) is 0. The van der Waals surface area contributed by atoms with Crippen molar-refractivity contribution in [3.8, 4) is 11.3 Å². The Morgan fingerprint density at radius 3 is 2.71 bits per heavy atom. The molecule has 2 aromatic rings. The molecule has 0 radical (unpaired) electrons. The minimum absolute atomic E-state index is 0.596. The largest absolute Gasteiger partial charge is 0.359 e. The Morgan fingerprint density at radius 2 is 2.00 bits per heavy atom. The summed E-state index contributed by atoms with van der Waals surface area (Å²) in [6, 6.07) is 11.6. The summed E-state index contributed by atoms with van der Waals surface area (Å²) in [5.74, 6) is 0. The molecule has 0 aliphatic heterocycles. The number of benzene rings is 1. The Labute approximate surface area is 81.1 Å². The molecule has 1 heterocycles. The molecule has 1 aromatic heterocycles. The predicted molar refractivity (Wildman–Crippen MR) is 54.0 cm³/mol. The Balaban J connectivity index is 2.39. The lowest BCUT2D eigenvalue weighted by atomic mass is 10.2. The molecular formula is C11H8N2O. The first-order valence-electron chi connectivity index (χ1n) is 4.22. The van der Waals surface area contributed by atoms with Gasteiger partial charge < -0.3 is 4.98 Å². The molecule has 0 saturated heterocycles. The van der Waals surface area contributed by atoms with Gasteiger partial charge in [0, 0.05) is 11.9 Å². The third-order valence-corrected chi connectivity index (χ3v) is 1.93. The van der Waals surface area contributed by atoms with Gasteiger partial charge in [-0.25, -0.2) is 4.79 Å². The molecule has 1 aromatic carbocycles. The van der Waals surface area contributed by atoms with E-state index in [4.69, 9.17) is 0 Å². The average Bonchev–Trinajstić information content (AvgIpc) is 2.68. The van der Waals surface area contributed by atoms with Gasteiger partial charge in [0.05, 0.1) is 5.69 Å². The topological polar surface area (TPSA) is 45.2 Å². The van der Waals surface area contributed by atoms with Crippen molar-refractivity contribution in [2.45, 2.75) is 0 Å². The number of aromatic amines is 1. The fraction of sp³-hybridized carbons (Fsp3) is 0. The Kier molecular flexibility index (Phi) is 2.26. The molecule has 2 rings (SSSR count). The molecule has 0 aliphatic rings. The third kappa shape index (κ3) is 1.63. The van der Waals surface area contributed by atoms with Crippen molar-refractivity contribution in [2.75, 3.05) is 0 Å². The van der Waals surface area contributed by atoms with Gasteiger partial charge in [0.2, 0.25) is 6.08 Å². The van der Waals surface area contributed by atoms with Gasteiger partial charge in [-0.15, -0.1) is 0 Å². The molecule has 3 heteroatoms. The number of rotatable bonds is 2. The second kappa shape index (κ2) is 3.73. The van der Waals surface area contributed by atoms with Crippen LogP contribution < -0.4 is 0 Å². The normalized spacial score (nSPS) is 9.43. The maximum Gasteiger partial charge on any atom is 0.240 e. The molecule has 0 atom stereocenters. The monoisotopic (exact) mass is 184 g/mol. The summed E-state index contributed by atoms with van der Waals surface area (Å²) in [5, 5.41) is 0. The van der Waals surface area contributed by atoms with E-state index in [9.17, 15) is 4.79 Å². The van der Waals surface area contributed by atoms with E-state index in [0.717, 1.165) is 11.3 Å². The summed E-state index contributed by atoms with van der Waals surface area (Å²) < 4.78 is 0. The van der Waals surface area contributed by atoms with E-state index in [1.807, 2.05) is 30.3 Å². The zero-order chi connectivity index (χ0) is 9.80. The number of aliphatic imine (C=N–C) groups is 1. The van der Waals surface area contributed by atoms with Crippen molar-refractivity contribution in [1.29, 1.82) is 0 Å². The molecule has 0 unspecified atom stereocenters. The highest BCUT2D eigenvalue weighted by molar-refractivity contribution is 5.64. The highest BCUT2D eigenvalue weighted by Gasteiger charge is 1.99. The molecule has 3 nitrogen and oxygen atoms in total. The molecule has 0 amide bonds. The number of H-pyrrole nitrogens is 1. The molecule has 1 N–H and O–H groups in total. The Bertz CT molecular complexity index is 467. The van der Waals surface area contributed by atoms with Gasteiger partial charge in [-0.2, -0.15) is 4.99 Å². The fourth-order valence-electron chi connectivity index (χ4n) is 1.28. The lowest BCUT2D eigenvalue weighted by Crippen LogP contribution is -1.73. The van der Waals surface area contributed by atoms with Crippen LogP contribution in [0.15, 0.2) is 47.6 Å². The Morgan fingerprint density at radius 1 is 1.21 bits per heavy atom. The van der Waals surface area contributed by atoms with Crippen LogP contribution in [0.5, 0.6) is 0 Å². The quantitative estimate of drug-likeness (QED) is 0.566. The van der Waals surface area contributed by atoms with Gasteiger partial charge in [0.15, 0.2) is 0 Å². The molecule has 0 fully saturated rings. The third-order valence-electron chi connectivity index (χ3n) is 1.93. The number of hydrogen-bond donors (Lipinski definition) is 1. The summed E-state index contributed by atoms with van der Waals surface area (Å²) >= 11 is 0. The van der Waals surface area contributed by atoms with Crippen LogP contribution in [0.1, 0.15) is 0 Å². The van der Waals surface area contributed by atoms with E-state index in [2.05, 4.69) is 9.98 Å². The molecule has 0 aliphatic carbocycles. The van der Waals surface area contributed by atoms with Crippen LogP contribution in [0.4, 0.5) is 5.69 Å². The summed E-state index contributed by atoms with van der Waals surface area (Å²) in [4.78, 5) is 16.6. The predicted octanol–water partition coefficient (Wildman–Crippen LogP) is 2.65. The van der Waals surface area contributed by atoms with E-state index in [1.165, 1.54) is 6.08 Å². The smallest absolute Gasteiger partial charge is 0.240 e. The standard InChI is InChI=1S/C11H8N2O/c14-8-13-10-6-11(12-7-10)9-4-2-1-3-5-9/h1-7,12H. The summed E-state index contributed by atoms with van der Waals surface area (Å²) in [6.07, 6.45) is 3.18. The van der Waals surface area contributed by atoms with E-state index in [-0.39, 0.29) is 0 Å². The van der Waals surface area contributed by atoms with E-state index in [1.54, 1.807) is 12.3 Å². The van der Waals surface area contributed by atoms with Gasteiger partial charge in [0.25, 0.3) is 0 Å². The zero-order valence-corrected chi connectivity index (χ0v) is 7.40.